The molecule has 0 amide bonds. The van der Waals surface area contributed by atoms with Crippen LogP contribution in [0.25, 0.3) is 0 Å². The van der Waals surface area contributed by atoms with Gasteiger partial charge in [0, 0.05) is 0 Å². The summed E-state index contributed by atoms with van der Waals surface area (Å²) in [5, 5.41) is 0. The molecule has 0 saturated heterocycles. The first-order valence-corrected chi connectivity index (χ1v) is 2.64. The third-order valence-electron chi connectivity index (χ3n) is 1.33. The number of rotatable bonds is 1. The highest BCUT2D eigenvalue weighted by Gasteiger charge is 1.95. The summed E-state index contributed by atoms with van der Waals surface area (Å²) in [6.07, 6.45) is 0. The van der Waals surface area contributed by atoms with Gasteiger partial charge in [-0.25, -0.2) is 0 Å². The third kappa shape index (κ3) is 6.22. The molecular weight excluding hydrogens is 100 g/mol. The van der Waals surface area contributed by atoms with Crippen LogP contribution < -0.4 is 0 Å². The molecule has 0 fully saturated rings. The fourth-order valence-electron chi connectivity index (χ4n) is 0. The zero-order chi connectivity index (χ0) is 5.15. The van der Waals surface area contributed by atoms with Crippen LogP contribution >= 0.6 is 0 Å². The van der Waals surface area contributed by atoms with E-state index in [-0.39, 0.29) is 11.0 Å². The molecule has 1 heteroatoms. The second-order valence-corrected chi connectivity index (χ2v) is 2.49. The van der Waals surface area contributed by atoms with E-state index >= 15 is 0 Å². The second-order valence-electron chi connectivity index (χ2n) is 2.49. The minimum Gasteiger partial charge on any atom is -0.0625 e. The van der Waals surface area contributed by atoms with Crippen LogP contribution in [-0.4, -0.2) is 11.0 Å². The van der Waals surface area contributed by atoms with Crippen molar-refractivity contribution in [1.29, 1.82) is 0 Å². The first-order valence-electron chi connectivity index (χ1n) is 2.64. The van der Waals surface area contributed by atoms with E-state index in [1.54, 1.807) is 0 Å². The Morgan fingerprint density at radius 3 is 0.857 bits per heavy atom. The average molecular weight is 118 g/mol. The zero-order valence-corrected chi connectivity index (χ0v) is 5.15. The maximum atomic E-state index is 2.24. The smallest absolute Gasteiger partial charge is 0.0149 e. The average Bonchev–Trinajstić information content (AvgIpc) is 1.36. The Balaban J connectivity index is 0. The van der Waals surface area contributed by atoms with E-state index in [1.165, 1.54) is 0 Å². The molecule has 0 aliphatic heterocycles. The Labute approximate surface area is 51.3 Å². The summed E-state index contributed by atoms with van der Waals surface area (Å²) >= 11 is 0. The van der Waals surface area contributed by atoms with Crippen LogP contribution in [0.3, 0.4) is 0 Å². The Morgan fingerprint density at radius 1 is 0.714 bits per heavy atom. The molecule has 0 aliphatic rings. The molecule has 0 aromatic rings. The SMILES string of the molecule is CC(C)C(C)C.[SiH4]. The first-order chi connectivity index (χ1) is 2.64. The highest BCUT2D eigenvalue weighted by Crippen LogP contribution is 2.05. The summed E-state index contributed by atoms with van der Waals surface area (Å²) < 4.78 is 0. The lowest BCUT2D eigenvalue weighted by atomic mass is 10.0. The molecule has 0 nitrogen and oxygen atoms in total. The van der Waals surface area contributed by atoms with Gasteiger partial charge < -0.3 is 0 Å². The molecule has 7 heavy (non-hydrogen) atoms. The lowest BCUT2D eigenvalue weighted by Crippen LogP contribution is -1.95. The molecule has 0 spiro atoms. The van der Waals surface area contributed by atoms with Crippen molar-refractivity contribution in [2.75, 3.05) is 0 Å². The fraction of sp³-hybridized carbons (Fsp3) is 1.00. The van der Waals surface area contributed by atoms with Crippen molar-refractivity contribution in [3.63, 3.8) is 0 Å². The Morgan fingerprint density at radius 2 is 0.857 bits per heavy atom. The third-order valence-corrected chi connectivity index (χ3v) is 1.33. The van der Waals surface area contributed by atoms with E-state index in [9.17, 15) is 0 Å². The van der Waals surface area contributed by atoms with Crippen LogP contribution in [0.5, 0.6) is 0 Å². The summed E-state index contributed by atoms with van der Waals surface area (Å²) in [4.78, 5) is 0. The summed E-state index contributed by atoms with van der Waals surface area (Å²) in [7, 11) is 0. The van der Waals surface area contributed by atoms with Gasteiger partial charge in [0.05, 0.1) is 0 Å². The van der Waals surface area contributed by atoms with Crippen LogP contribution in [0.15, 0.2) is 0 Å². The molecule has 0 radical (unpaired) electrons. The molecular formula is C6H18Si. The standard InChI is InChI=1S/C6H14.H4Si/c1-5(2)6(3)4;/h5-6H,1-4H3;1H4. The minimum absolute atomic E-state index is 0. The normalized spacial score (nSPS) is 9.43. The van der Waals surface area contributed by atoms with E-state index in [4.69, 9.17) is 0 Å². The van der Waals surface area contributed by atoms with Crippen molar-refractivity contribution in [2.45, 2.75) is 27.7 Å². The Bertz CT molecular complexity index is 25.2. The van der Waals surface area contributed by atoms with Crippen LogP contribution in [0.2, 0.25) is 0 Å². The first kappa shape index (κ1) is 10.2. The van der Waals surface area contributed by atoms with Gasteiger partial charge in [-0.15, -0.1) is 0 Å². The van der Waals surface area contributed by atoms with E-state index in [1.807, 2.05) is 0 Å². The van der Waals surface area contributed by atoms with Crippen LogP contribution in [0.1, 0.15) is 27.7 Å². The Hall–Kier alpha value is 0.217. The van der Waals surface area contributed by atoms with Gasteiger partial charge in [0.15, 0.2) is 0 Å². The van der Waals surface area contributed by atoms with Crippen molar-refractivity contribution >= 4 is 11.0 Å². The molecule has 0 aromatic carbocycles. The van der Waals surface area contributed by atoms with Gasteiger partial charge >= 0.3 is 0 Å². The molecule has 0 saturated carbocycles. The molecule has 0 bridgehead atoms. The minimum atomic E-state index is 0. The summed E-state index contributed by atoms with van der Waals surface area (Å²) in [5.74, 6) is 1.70. The van der Waals surface area contributed by atoms with Gasteiger partial charge in [-0.05, 0) is 22.8 Å². The summed E-state index contributed by atoms with van der Waals surface area (Å²) in [6.45, 7) is 8.96. The van der Waals surface area contributed by atoms with E-state index < -0.39 is 0 Å². The molecule has 0 unspecified atom stereocenters. The monoisotopic (exact) mass is 118 g/mol. The molecule has 0 aliphatic carbocycles. The molecule has 0 heterocycles. The van der Waals surface area contributed by atoms with E-state index in [2.05, 4.69) is 27.7 Å². The van der Waals surface area contributed by atoms with Crippen LogP contribution in [0, 0.1) is 11.8 Å². The zero-order valence-electron chi connectivity index (χ0n) is 5.15. The van der Waals surface area contributed by atoms with Crippen molar-refractivity contribution in [1.82, 2.24) is 0 Å². The molecule has 46 valence electrons. The maximum absolute atomic E-state index is 2.24. The van der Waals surface area contributed by atoms with Crippen molar-refractivity contribution in [3.8, 4) is 0 Å². The second kappa shape index (κ2) is 4.38. The van der Waals surface area contributed by atoms with Gasteiger partial charge in [0.1, 0.15) is 0 Å². The number of hydrogen-bond donors (Lipinski definition) is 0. The molecule has 0 rings (SSSR count). The molecule has 0 N–H and O–H groups in total. The Kier molecular flexibility index (Phi) is 6.41. The fourth-order valence-corrected chi connectivity index (χ4v) is 0. The molecule has 0 atom stereocenters. The van der Waals surface area contributed by atoms with Gasteiger partial charge in [0.25, 0.3) is 0 Å². The van der Waals surface area contributed by atoms with Crippen molar-refractivity contribution < 1.29 is 0 Å². The summed E-state index contributed by atoms with van der Waals surface area (Å²) in [6, 6.07) is 0. The highest BCUT2D eigenvalue weighted by molar-refractivity contribution is 5.75. The van der Waals surface area contributed by atoms with Gasteiger partial charge in [-0.2, -0.15) is 0 Å². The summed E-state index contributed by atoms with van der Waals surface area (Å²) in [5.41, 5.74) is 0. The highest BCUT2D eigenvalue weighted by atomic mass is 28.1. The van der Waals surface area contributed by atoms with Crippen molar-refractivity contribution in [3.05, 3.63) is 0 Å². The van der Waals surface area contributed by atoms with E-state index in [0.717, 1.165) is 11.8 Å². The molecule has 0 aromatic heterocycles. The van der Waals surface area contributed by atoms with Gasteiger partial charge in [-0.3, -0.25) is 0 Å². The lowest BCUT2D eigenvalue weighted by molar-refractivity contribution is 0.457. The topological polar surface area (TPSA) is 0 Å². The van der Waals surface area contributed by atoms with Gasteiger partial charge in [0.2, 0.25) is 0 Å². The quantitative estimate of drug-likeness (QED) is 0.448. The van der Waals surface area contributed by atoms with Crippen molar-refractivity contribution in [2.24, 2.45) is 11.8 Å². The predicted octanol–water partition coefficient (Wildman–Crippen LogP) is 0.847. The predicted molar refractivity (Wildman–Crippen MR) is 41.0 cm³/mol. The largest absolute Gasteiger partial charge is 0.0625 e. The van der Waals surface area contributed by atoms with E-state index in [0.29, 0.717) is 0 Å². The maximum Gasteiger partial charge on any atom is -0.0149 e. The number of hydrogen-bond acceptors (Lipinski definition) is 0. The van der Waals surface area contributed by atoms with Crippen LogP contribution in [0.4, 0.5) is 0 Å². The lowest BCUT2D eigenvalue weighted by Gasteiger charge is -2.05. The van der Waals surface area contributed by atoms with Crippen LogP contribution in [-0.2, 0) is 0 Å². The van der Waals surface area contributed by atoms with Gasteiger partial charge in [-0.1, -0.05) is 27.7 Å².